The van der Waals surface area contributed by atoms with E-state index >= 15 is 0 Å². The number of hydrogen-bond donors (Lipinski definition) is 1. The van der Waals surface area contributed by atoms with E-state index in [4.69, 9.17) is 0 Å². The molecule has 1 unspecified atom stereocenters. The Labute approximate surface area is 154 Å². The molecule has 1 aliphatic heterocycles. The Hall–Kier alpha value is -3.40. The molecule has 10 heteroatoms. The molecule has 0 radical (unpaired) electrons. The molecule has 1 N–H and O–H groups in total. The summed E-state index contributed by atoms with van der Waals surface area (Å²) < 4.78 is 0. The van der Waals surface area contributed by atoms with E-state index in [1.54, 1.807) is 17.3 Å². The Morgan fingerprint density at radius 1 is 1.15 bits per heavy atom. The van der Waals surface area contributed by atoms with Gasteiger partial charge in [-0.1, -0.05) is 0 Å². The lowest BCUT2D eigenvalue weighted by Crippen LogP contribution is -2.34. The lowest BCUT2D eigenvalue weighted by molar-refractivity contribution is -0.394. The van der Waals surface area contributed by atoms with Crippen molar-refractivity contribution in [3.05, 3.63) is 74.1 Å². The largest absolute Gasteiger partial charge is 0.337 e. The molecule has 1 aromatic carbocycles. The zero-order chi connectivity index (χ0) is 19.4. The number of nitrogens with zero attached hydrogens (tertiary/aromatic N) is 4. The number of nitrogens with one attached hydrogen (secondary N) is 1. The number of pyridine rings is 1. The highest BCUT2D eigenvalue weighted by atomic mass is 16.6. The van der Waals surface area contributed by atoms with Gasteiger partial charge in [0, 0.05) is 50.2 Å². The Bertz CT molecular complexity index is 841. The molecule has 1 aliphatic rings. The number of carbonyl (C=O) groups excluding carboxylic acids is 1. The van der Waals surface area contributed by atoms with Gasteiger partial charge in [-0.2, -0.15) is 0 Å². The second-order valence-electron chi connectivity index (χ2n) is 6.23. The summed E-state index contributed by atoms with van der Waals surface area (Å²) in [6, 6.07) is 6.87. The van der Waals surface area contributed by atoms with Crippen LogP contribution in [-0.2, 0) is 6.54 Å². The minimum absolute atomic E-state index is 0.0503. The molecule has 1 amide bonds. The van der Waals surface area contributed by atoms with Gasteiger partial charge in [0.2, 0.25) is 0 Å². The van der Waals surface area contributed by atoms with Crippen molar-refractivity contribution in [1.29, 1.82) is 0 Å². The molecule has 2 aromatic rings. The first kappa shape index (κ1) is 18.4. The normalized spacial score (nSPS) is 16.3. The van der Waals surface area contributed by atoms with Gasteiger partial charge in [0.25, 0.3) is 17.3 Å². The molecule has 0 spiro atoms. The van der Waals surface area contributed by atoms with E-state index in [2.05, 4.69) is 10.3 Å². The monoisotopic (exact) mass is 371 g/mol. The number of rotatable bonds is 6. The third kappa shape index (κ3) is 4.42. The van der Waals surface area contributed by atoms with Crippen molar-refractivity contribution in [3.63, 3.8) is 0 Å². The van der Waals surface area contributed by atoms with E-state index in [1.807, 2.05) is 12.1 Å². The molecule has 140 valence electrons. The number of hydrogen-bond acceptors (Lipinski definition) is 7. The quantitative estimate of drug-likeness (QED) is 0.606. The third-order valence-electron chi connectivity index (χ3n) is 4.39. The minimum Gasteiger partial charge on any atom is -0.337 e. The summed E-state index contributed by atoms with van der Waals surface area (Å²) in [7, 11) is 0. The molecule has 1 atom stereocenters. The van der Waals surface area contributed by atoms with Crippen molar-refractivity contribution < 1.29 is 14.6 Å². The SMILES string of the molecule is O=C(c1cc([N+](=O)[O-])cc([N+](=O)[O-])c1)N1CCC(NCc2ccncc2)C1. The molecule has 0 bridgehead atoms. The Morgan fingerprint density at radius 2 is 1.78 bits per heavy atom. The summed E-state index contributed by atoms with van der Waals surface area (Å²) in [5.41, 5.74) is 0.0768. The number of likely N-dealkylation sites (tertiary alicyclic amines) is 1. The first-order valence-electron chi connectivity index (χ1n) is 8.29. The van der Waals surface area contributed by atoms with Gasteiger partial charge in [0.05, 0.1) is 21.5 Å². The van der Waals surface area contributed by atoms with Crippen LogP contribution in [0.15, 0.2) is 42.7 Å². The highest BCUT2D eigenvalue weighted by Crippen LogP contribution is 2.24. The minimum atomic E-state index is -0.743. The predicted molar refractivity (Wildman–Crippen MR) is 95.1 cm³/mol. The summed E-state index contributed by atoms with van der Waals surface area (Å²) in [5.74, 6) is -0.449. The zero-order valence-electron chi connectivity index (χ0n) is 14.3. The number of nitro benzene ring substituents is 2. The summed E-state index contributed by atoms with van der Waals surface area (Å²) in [5, 5.41) is 25.3. The molecule has 3 rings (SSSR count). The van der Waals surface area contributed by atoms with E-state index in [1.165, 1.54) is 0 Å². The molecule has 2 heterocycles. The van der Waals surface area contributed by atoms with Gasteiger partial charge >= 0.3 is 0 Å². The summed E-state index contributed by atoms with van der Waals surface area (Å²) in [6.07, 6.45) is 4.14. The molecule has 1 aromatic heterocycles. The molecular formula is C17H17N5O5. The highest BCUT2D eigenvalue weighted by Gasteiger charge is 2.29. The molecule has 10 nitrogen and oxygen atoms in total. The van der Waals surface area contributed by atoms with Crippen LogP contribution in [0.3, 0.4) is 0 Å². The number of non-ortho nitro benzene ring substituents is 2. The summed E-state index contributed by atoms with van der Waals surface area (Å²) in [6.45, 7) is 1.54. The molecule has 0 aliphatic carbocycles. The average molecular weight is 371 g/mol. The lowest BCUT2D eigenvalue weighted by atomic mass is 10.1. The number of nitro groups is 2. The van der Waals surface area contributed by atoms with Crippen LogP contribution in [0.25, 0.3) is 0 Å². The van der Waals surface area contributed by atoms with Crippen molar-refractivity contribution in [2.45, 2.75) is 19.0 Å². The fourth-order valence-corrected chi connectivity index (χ4v) is 2.99. The van der Waals surface area contributed by atoms with Crippen molar-refractivity contribution >= 4 is 17.3 Å². The van der Waals surface area contributed by atoms with Gasteiger partial charge in [0.15, 0.2) is 0 Å². The Balaban J connectivity index is 1.68. The number of carbonyl (C=O) groups is 1. The Morgan fingerprint density at radius 3 is 2.37 bits per heavy atom. The first-order chi connectivity index (χ1) is 12.9. The van der Waals surface area contributed by atoms with Crippen molar-refractivity contribution in [2.24, 2.45) is 0 Å². The summed E-state index contributed by atoms with van der Waals surface area (Å²) >= 11 is 0. The molecular weight excluding hydrogens is 354 g/mol. The molecule has 0 saturated carbocycles. The van der Waals surface area contributed by atoms with E-state index < -0.39 is 27.1 Å². The lowest BCUT2D eigenvalue weighted by Gasteiger charge is -2.17. The van der Waals surface area contributed by atoms with Gasteiger partial charge in [-0.05, 0) is 24.1 Å². The first-order valence-corrected chi connectivity index (χ1v) is 8.29. The average Bonchev–Trinajstić information content (AvgIpc) is 3.15. The van der Waals surface area contributed by atoms with Gasteiger partial charge in [-0.3, -0.25) is 30.0 Å². The smallest absolute Gasteiger partial charge is 0.277 e. The van der Waals surface area contributed by atoms with Crippen LogP contribution in [0.2, 0.25) is 0 Å². The van der Waals surface area contributed by atoms with Crippen LogP contribution < -0.4 is 5.32 Å². The van der Waals surface area contributed by atoms with Crippen molar-refractivity contribution in [2.75, 3.05) is 13.1 Å². The molecule has 1 fully saturated rings. The van der Waals surface area contributed by atoms with Crippen molar-refractivity contribution in [1.82, 2.24) is 15.2 Å². The maximum Gasteiger partial charge on any atom is 0.277 e. The van der Waals surface area contributed by atoms with Crippen LogP contribution in [-0.4, -0.2) is 44.8 Å². The van der Waals surface area contributed by atoms with Crippen LogP contribution in [0, 0.1) is 20.2 Å². The number of benzene rings is 1. The second kappa shape index (κ2) is 7.87. The molecule has 27 heavy (non-hydrogen) atoms. The van der Waals surface area contributed by atoms with Crippen LogP contribution in [0.5, 0.6) is 0 Å². The van der Waals surface area contributed by atoms with E-state index in [-0.39, 0.29) is 11.6 Å². The van der Waals surface area contributed by atoms with Gasteiger partial charge < -0.3 is 10.2 Å². The third-order valence-corrected chi connectivity index (χ3v) is 4.39. The van der Waals surface area contributed by atoms with Crippen molar-refractivity contribution in [3.8, 4) is 0 Å². The van der Waals surface area contributed by atoms with E-state index in [0.29, 0.717) is 19.6 Å². The van der Waals surface area contributed by atoms with E-state index in [9.17, 15) is 25.0 Å². The van der Waals surface area contributed by atoms with Gasteiger partial charge in [-0.15, -0.1) is 0 Å². The maximum atomic E-state index is 12.7. The number of amides is 1. The topological polar surface area (TPSA) is 132 Å². The van der Waals surface area contributed by atoms with Crippen LogP contribution in [0.1, 0.15) is 22.3 Å². The Kier molecular flexibility index (Phi) is 5.36. The van der Waals surface area contributed by atoms with Crippen LogP contribution in [0.4, 0.5) is 11.4 Å². The van der Waals surface area contributed by atoms with Gasteiger partial charge in [-0.25, -0.2) is 0 Å². The van der Waals surface area contributed by atoms with Crippen LogP contribution >= 0.6 is 0 Å². The number of aromatic nitrogens is 1. The van der Waals surface area contributed by atoms with Gasteiger partial charge in [0.1, 0.15) is 0 Å². The van der Waals surface area contributed by atoms with E-state index in [0.717, 1.165) is 30.2 Å². The fourth-order valence-electron chi connectivity index (χ4n) is 2.99. The maximum absolute atomic E-state index is 12.7. The standard InChI is InChI=1S/C17H17N5O5/c23-17(13-7-15(21(24)25)9-16(8-13)22(26)27)20-6-3-14(11-20)19-10-12-1-4-18-5-2-12/h1-2,4-5,7-9,14,19H,3,6,10-11H2. The molecule has 1 saturated heterocycles. The zero-order valence-corrected chi connectivity index (χ0v) is 14.3. The second-order valence-corrected chi connectivity index (χ2v) is 6.23. The predicted octanol–water partition coefficient (Wildman–Crippen LogP) is 1.90. The fraction of sp³-hybridized carbons (Fsp3) is 0.294. The summed E-state index contributed by atoms with van der Waals surface area (Å²) in [4.78, 5) is 38.7. The highest BCUT2D eigenvalue weighted by molar-refractivity contribution is 5.95.